The van der Waals surface area contributed by atoms with Crippen LogP contribution in [0.2, 0.25) is 0 Å². The van der Waals surface area contributed by atoms with Crippen LogP contribution in [0.1, 0.15) is 26.3 Å². The zero-order chi connectivity index (χ0) is 13.1. The Hall–Kier alpha value is -1.27. The highest BCUT2D eigenvalue weighted by Gasteiger charge is 2.15. The lowest BCUT2D eigenvalue weighted by Crippen LogP contribution is -2.11. The summed E-state index contributed by atoms with van der Waals surface area (Å²) in [5.41, 5.74) is 4.23. The van der Waals surface area contributed by atoms with E-state index in [4.69, 9.17) is 5.84 Å². The summed E-state index contributed by atoms with van der Waals surface area (Å²) in [6.07, 6.45) is 0. The van der Waals surface area contributed by atoms with E-state index in [-0.39, 0.29) is 10.4 Å². The van der Waals surface area contributed by atoms with Gasteiger partial charge < -0.3 is 5.43 Å². The van der Waals surface area contributed by atoms with Crippen LogP contribution >= 0.6 is 11.8 Å². The fourth-order valence-corrected chi connectivity index (χ4v) is 2.08. The van der Waals surface area contributed by atoms with Crippen LogP contribution in [0, 0.1) is 10.1 Å². The Bertz CT molecular complexity index is 416. The van der Waals surface area contributed by atoms with E-state index < -0.39 is 4.92 Å². The second-order valence-corrected chi connectivity index (χ2v) is 6.45. The number of anilines is 1. The summed E-state index contributed by atoms with van der Waals surface area (Å²) in [6.45, 7) is 6.31. The summed E-state index contributed by atoms with van der Waals surface area (Å²) in [6, 6.07) is 4.64. The molecular formula is C11H17N3O2S. The standard InChI is InChI=1S/C11H17N3O2S/c1-11(2,3)17-7-8-6-9(14(15)16)4-5-10(8)13-12/h4-6,13H,7,12H2,1-3H3. The Morgan fingerprint density at radius 2 is 2.12 bits per heavy atom. The Labute approximate surface area is 105 Å². The molecule has 0 amide bonds. The highest BCUT2D eigenvalue weighted by atomic mass is 32.2. The summed E-state index contributed by atoms with van der Waals surface area (Å²) >= 11 is 1.72. The number of nitro benzene ring substituents is 1. The number of nitro groups is 1. The molecule has 1 aromatic rings. The third-order valence-electron chi connectivity index (χ3n) is 2.12. The van der Waals surface area contributed by atoms with Gasteiger partial charge in [0.25, 0.3) is 5.69 Å². The molecule has 0 bridgehead atoms. The van der Waals surface area contributed by atoms with Crippen molar-refractivity contribution in [3.8, 4) is 0 Å². The molecule has 6 heteroatoms. The fraction of sp³-hybridized carbons (Fsp3) is 0.455. The van der Waals surface area contributed by atoms with Crippen molar-refractivity contribution in [1.82, 2.24) is 0 Å². The molecule has 5 nitrogen and oxygen atoms in total. The number of nitrogens with zero attached hydrogens (tertiary/aromatic N) is 1. The van der Waals surface area contributed by atoms with Gasteiger partial charge in [0.2, 0.25) is 0 Å². The van der Waals surface area contributed by atoms with Crippen LogP contribution in [0.15, 0.2) is 18.2 Å². The summed E-state index contributed by atoms with van der Waals surface area (Å²) in [4.78, 5) is 10.3. The second-order valence-electron chi connectivity index (χ2n) is 4.64. The van der Waals surface area contributed by atoms with E-state index in [1.54, 1.807) is 23.9 Å². The highest BCUT2D eigenvalue weighted by Crippen LogP contribution is 2.31. The number of nitrogens with two attached hydrogens (primary N) is 1. The first-order chi connectivity index (χ1) is 7.83. The van der Waals surface area contributed by atoms with E-state index in [1.807, 2.05) is 0 Å². The molecule has 0 atom stereocenters. The van der Waals surface area contributed by atoms with Crippen molar-refractivity contribution >= 4 is 23.1 Å². The summed E-state index contributed by atoms with van der Waals surface area (Å²) in [5, 5.41) is 10.7. The van der Waals surface area contributed by atoms with E-state index >= 15 is 0 Å². The van der Waals surface area contributed by atoms with Gasteiger partial charge in [-0.15, -0.1) is 0 Å². The normalized spacial score (nSPS) is 11.3. The molecule has 0 radical (unpaired) electrons. The van der Waals surface area contributed by atoms with Crippen molar-refractivity contribution in [2.24, 2.45) is 5.84 Å². The number of hydrogen-bond donors (Lipinski definition) is 2. The smallest absolute Gasteiger partial charge is 0.269 e. The van der Waals surface area contributed by atoms with Gasteiger partial charge in [-0.25, -0.2) is 0 Å². The van der Waals surface area contributed by atoms with Gasteiger partial charge in [-0.1, -0.05) is 20.8 Å². The molecule has 0 fully saturated rings. The van der Waals surface area contributed by atoms with Crippen molar-refractivity contribution in [2.45, 2.75) is 31.3 Å². The van der Waals surface area contributed by atoms with Gasteiger partial charge in [0, 0.05) is 22.6 Å². The molecule has 1 aromatic carbocycles. The van der Waals surface area contributed by atoms with Crippen molar-refractivity contribution in [3.63, 3.8) is 0 Å². The number of non-ortho nitro benzene ring substituents is 1. The number of hydrazine groups is 1. The molecule has 0 spiro atoms. The molecule has 0 aliphatic heterocycles. The number of hydrogen-bond acceptors (Lipinski definition) is 5. The Morgan fingerprint density at radius 3 is 2.59 bits per heavy atom. The van der Waals surface area contributed by atoms with Crippen LogP contribution in [0.5, 0.6) is 0 Å². The quantitative estimate of drug-likeness (QED) is 0.491. The molecule has 3 N–H and O–H groups in total. The maximum atomic E-state index is 10.7. The Balaban J connectivity index is 2.94. The molecule has 1 rings (SSSR count). The third kappa shape index (κ3) is 4.24. The molecule has 0 aliphatic rings. The number of nitrogen functional groups attached to an aromatic ring is 1. The number of nitrogens with one attached hydrogen (secondary N) is 1. The predicted octanol–water partition coefficient (Wildman–Crippen LogP) is 2.91. The van der Waals surface area contributed by atoms with Gasteiger partial charge in [0.1, 0.15) is 0 Å². The molecule has 0 aromatic heterocycles. The van der Waals surface area contributed by atoms with Gasteiger partial charge >= 0.3 is 0 Å². The molecule has 0 heterocycles. The molecule has 17 heavy (non-hydrogen) atoms. The zero-order valence-corrected chi connectivity index (χ0v) is 11.0. The van der Waals surface area contributed by atoms with Gasteiger partial charge in [-0.2, -0.15) is 11.8 Å². The van der Waals surface area contributed by atoms with Gasteiger partial charge in [0.05, 0.1) is 10.6 Å². The first-order valence-electron chi connectivity index (χ1n) is 5.21. The first kappa shape index (κ1) is 13.8. The summed E-state index contributed by atoms with van der Waals surface area (Å²) in [7, 11) is 0. The van der Waals surface area contributed by atoms with Crippen molar-refractivity contribution in [3.05, 3.63) is 33.9 Å². The molecule has 0 saturated carbocycles. The van der Waals surface area contributed by atoms with E-state index in [1.165, 1.54) is 6.07 Å². The monoisotopic (exact) mass is 255 g/mol. The number of rotatable bonds is 4. The Kier molecular flexibility index (Phi) is 4.36. The lowest BCUT2D eigenvalue weighted by molar-refractivity contribution is -0.384. The average molecular weight is 255 g/mol. The maximum Gasteiger partial charge on any atom is 0.269 e. The number of thioether (sulfide) groups is 1. The molecular weight excluding hydrogens is 238 g/mol. The summed E-state index contributed by atoms with van der Waals surface area (Å²) < 4.78 is 0.108. The van der Waals surface area contributed by atoms with E-state index in [2.05, 4.69) is 26.2 Å². The fourth-order valence-electron chi connectivity index (χ4n) is 1.25. The lowest BCUT2D eigenvalue weighted by Gasteiger charge is -2.18. The molecule has 0 saturated heterocycles. The van der Waals surface area contributed by atoms with Crippen LogP contribution in [0.25, 0.3) is 0 Å². The van der Waals surface area contributed by atoms with Crippen LogP contribution in [-0.2, 0) is 5.75 Å². The lowest BCUT2D eigenvalue weighted by atomic mass is 10.2. The van der Waals surface area contributed by atoms with Crippen molar-refractivity contribution in [2.75, 3.05) is 5.43 Å². The second kappa shape index (κ2) is 5.37. The van der Waals surface area contributed by atoms with Gasteiger partial charge in [-0.05, 0) is 11.6 Å². The summed E-state index contributed by atoms with van der Waals surface area (Å²) in [5.74, 6) is 6.07. The minimum atomic E-state index is -0.397. The first-order valence-corrected chi connectivity index (χ1v) is 6.20. The van der Waals surface area contributed by atoms with Crippen LogP contribution in [0.4, 0.5) is 11.4 Å². The van der Waals surface area contributed by atoms with E-state index in [9.17, 15) is 10.1 Å². The molecule has 0 aliphatic carbocycles. The zero-order valence-electron chi connectivity index (χ0n) is 10.2. The molecule has 0 unspecified atom stereocenters. The Morgan fingerprint density at radius 1 is 1.47 bits per heavy atom. The van der Waals surface area contributed by atoms with Crippen LogP contribution < -0.4 is 11.3 Å². The third-order valence-corrected chi connectivity index (χ3v) is 3.44. The van der Waals surface area contributed by atoms with E-state index in [0.29, 0.717) is 5.75 Å². The minimum absolute atomic E-state index is 0.0912. The maximum absolute atomic E-state index is 10.7. The van der Waals surface area contributed by atoms with Crippen LogP contribution in [0.3, 0.4) is 0 Å². The van der Waals surface area contributed by atoms with Gasteiger partial charge in [-0.3, -0.25) is 16.0 Å². The predicted molar refractivity (Wildman–Crippen MR) is 72.0 cm³/mol. The van der Waals surface area contributed by atoms with Crippen LogP contribution in [-0.4, -0.2) is 9.67 Å². The van der Waals surface area contributed by atoms with Gasteiger partial charge in [0.15, 0.2) is 0 Å². The van der Waals surface area contributed by atoms with E-state index in [0.717, 1.165) is 11.3 Å². The average Bonchev–Trinajstić information content (AvgIpc) is 2.24. The largest absolute Gasteiger partial charge is 0.324 e. The minimum Gasteiger partial charge on any atom is -0.324 e. The topological polar surface area (TPSA) is 81.2 Å². The SMILES string of the molecule is CC(C)(C)SCc1cc([N+](=O)[O-])ccc1NN. The van der Waals surface area contributed by atoms with Crippen molar-refractivity contribution < 1.29 is 4.92 Å². The molecule has 94 valence electrons. The van der Waals surface area contributed by atoms with Crippen molar-refractivity contribution in [1.29, 1.82) is 0 Å². The number of benzene rings is 1. The highest BCUT2D eigenvalue weighted by molar-refractivity contribution is 7.99.